The van der Waals surface area contributed by atoms with E-state index in [0.717, 1.165) is 12.8 Å². The van der Waals surface area contributed by atoms with Crippen molar-refractivity contribution in [3.63, 3.8) is 0 Å². The summed E-state index contributed by atoms with van der Waals surface area (Å²) in [4.78, 5) is 0. The Morgan fingerprint density at radius 1 is 1.21 bits per heavy atom. The average molecular weight is 192 g/mol. The first-order valence-electron chi connectivity index (χ1n) is 5.41. The Labute approximate surface area is 86.8 Å². The summed E-state index contributed by atoms with van der Waals surface area (Å²) in [7, 11) is 0. The van der Waals surface area contributed by atoms with E-state index in [0.29, 0.717) is 5.92 Å². The number of aliphatic hydroxyl groups excluding tert-OH is 1. The minimum absolute atomic E-state index is 0.245. The van der Waals surface area contributed by atoms with Gasteiger partial charge < -0.3 is 5.11 Å². The van der Waals surface area contributed by atoms with Crippen LogP contribution in [0.5, 0.6) is 0 Å². The molecule has 0 saturated heterocycles. The second-order valence-electron chi connectivity index (χ2n) is 4.01. The number of rotatable bonds is 4. The Morgan fingerprint density at radius 3 is 2.43 bits per heavy atom. The molecule has 0 unspecified atom stereocenters. The van der Waals surface area contributed by atoms with Crippen molar-refractivity contribution in [1.29, 1.82) is 0 Å². The van der Waals surface area contributed by atoms with Crippen LogP contribution in [-0.4, -0.2) is 11.7 Å². The van der Waals surface area contributed by atoms with Crippen molar-refractivity contribution in [2.24, 2.45) is 0 Å². The molecular formula is C13H20O. The highest BCUT2D eigenvalue weighted by Gasteiger charge is 2.04. The summed E-state index contributed by atoms with van der Waals surface area (Å²) in [6, 6.07) is 6.63. The molecule has 0 fully saturated rings. The summed E-state index contributed by atoms with van der Waals surface area (Å²) in [6.45, 7) is 6.80. The van der Waals surface area contributed by atoms with E-state index in [1.807, 2.05) is 0 Å². The van der Waals surface area contributed by atoms with Crippen molar-refractivity contribution in [1.82, 2.24) is 0 Å². The van der Waals surface area contributed by atoms with Crippen LogP contribution in [0.2, 0.25) is 0 Å². The fraction of sp³-hybridized carbons (Fsp3) is 0.538. The van der Waals surface area contributed by atoms with Gasteiger partial charge >= 0.3 is 0 Å². The molecule has 78 valence electrons. The quantitative estimate of drug-likeness (QED) is 0.777. The van der Waals surface area contributed by atoms with Gasteiger partial charge in [-0.05, 0) is 35.4 Å². The third kappa shape index (κ3) is 2.58. The smallest absolute Gasteiger partial charge is 0.0471 e. The maximum Gasteiger partial charge on any atom is 0.0471 e. The van der Waals surface area contributed by atoms with Gasteiger partial charge in [0, 0.05) is 6.61 Å². The molecule has 1 aromatic rings. The van der Waals surface area contributed by atoms with E-state index >= 15 is 0 Å². The Hall–Kier alpha value is -0.820. The minimum Gasteiger partial charge on any atom is -0.396 e. The van der Waals surface area contributed by atoms with Crippen LogP contribution in [0.15, 0.2) is 18.2 Å². The molecule has 0 bridgehead atoms. The van der Waals surface area contributed by atoms with Gasteiger partial charge in [0.15, 0.2) is 0 Å². The molecule has 0 aliphatic rings. The summed E-state index contributed by atoms with van der Waals surface area (Å²) in [5, 5.41) is 8.97. The van der Waals surface area contributed by atoms with Crippen molar-refractivity contribution in [2.75, 3.05) is 6.61 Å². The van der Waals surface area contributed by atoms with Gasteiger partial charge in [0.1, 0.15) is 0 Å². The van der Waals surface area contributed by atoms with Crippen LogP contribution in [0.4, 0.5) is 0 Å². The highest BCUT2D eigenvalue weighted by Crippen LogP contribution is 2.19. The van der Waals surface area contributed by atoms with Gasteiger partial charge in [0.05, 0.1) is 0 Å². The van der Waals surface area contributed by atoms with E-state index in [-0.39, 0.29) is 6.61 Å². The monoisotopic (exact) mass is 192 g/mol. The Morgan fingerprint density at radius 2 is 1.93 bits per heavy atom. The molecule has 1 aromatic carbocycles. The topological polar surface area (TPSA) is 20.2 Å². The maximum absolute atomic E-state index is 8.97. The Balaban J connectivity index is 3.01. The summed E-state index contributed by atoms with van der Waals surface area (Å²) in [6.07, 6.45) is 1.83. The molecule has 0 radical (unpaired) electrons. The van der Waals surface area contributed by atoms with Crippen LogP contribution in [0.1, 0.15) is 43.4 Å². The fourth-order valence-corrected chi connectivity index (χ4v) is 1.70. The molecule has 1 nitrogen and oxygen atoms in total. The molecule has 0 atom stereocenters. The van der Waals surface area contributed by atoms with E-state index in [9.17, 15) is 0 Å². The number of hydrogen-bond acceptors (Lipinski definition) is 1. The Kier molecular flexibility index (Phi) is 4.15. The van der Waals surface area contributed by atoms with E-state index < -0.39 is 0 Å². The third-order valence-corrected chi connectivity index (χ3v) is 2.66. The van der Waals surface area contributed by atoms with Gasteiger partial charge in [-0.25, -0.2) is 0 Å². The van der Waals surface area contributed by atoms with Crippen LogP contribution >= 0.6 is 0 Å². The normalized spacial score (nSPS) is 10.9. The van der Waals surface area contributed by atoms with Gasteiger partial charge in [0.2, 0.25) is 0 Å². The van der Waals surface area contributed by atoms with E-state index in [4.69, 9.17) is 5.11 Å². The molecule has 0 saturated carbocycles. The first kappa shape index (κ1) is 11.3. The first-order chi connectivity index (χ1) is 6.69. The van der Waals surface area contributed by atoms with E-state index in [1.54, 1.807) is 0 Å². The maximum atomic E-state index is 8.97. The van der Waals surface area contributed by atoms with Gasteiger partial charge in [-0.2, -0.15) is 0 Å². The summed E-state index contributed by atoms with van der Waals surface area (Å²) in [5.41, 5.74) is 4.04. The van der Waals surface area contributed by atoms with Crippen LogP contribution in [0.3, 0.4) is 0 Å². The molecule has 0 amide bonds. The summed E-state index contributed by atoms with van der Waals surface area (Å²) in [5.74, 6) is 0.568. The zero-order valence-corrected chi connectivity index (χ0v) is 9.38. The molecule has 1 heteroatoms. The van der Waals surface area contributed by atoms with Gasteiger partial charge in [-0.1, -0.05) is 39.0 Å². The molecule has 0 aliphatic heterocycles. The molecule has 1 rings (SSSR count). The van der Waals surface area contributed by atoms with Crippen molar-refractivity contribution in [2.45, 2.75) is 39.5 Å². The lowest BCUT2D eigenvalue weighted by Gasteiger charge is -2.11. The SMILES string of the molecule is CCc1ccc(C(C)C)cc1CCO. The predicted molar refractivity (Wildman–Crippen MR) is 60.7 cm³/mol. The second-order valence-corrected chi connectivity index (χ2v) is 4.01. The number of hydrogen-bond donors (Lipinski definition) is 1. The van der Waals surface area contributed by atoms with Crippen molar-refractivity contribution in [3.05, 3.63) is 34.9 Å². The standard InChI is InChI=1S/C13H20O/c1-4-11-5-6-12(10(2)3)9-13(11)7-8-14/h5-6,9-10,14H,4,7-8H2,1-3H3. The van der Waals surface area contributed by atoms with Crippen molar-refractivity contribution >= 4 is 0 Å². The fourth-order valence-electron chi connectivity index (χ4n) is 1.70. The number of aryl methyl sites for hydroxylation is 1. The van der Waals surface area contributed by atoms with Crippen LogP contribution < -0.4 is 0 Å². The zero-order chi connectivity index (χ0) is 10.6. The predicted octanol–water partition coefficient (Wildman–Crippen LogP) is 2.91. The lowest BCUT2D eigenvalue weighted by atomic mass is 9.95. The first-order valence-corrected chi connectivity index (χ1v) is 5.41. The Bertz CT molecular complexity index is 289. The third-order valence-electron chi connectivity index (χ3n) is 2.66. The lowest BCUT2D eigenvalue weighted by molar-refractivity contribution is 0.299. The summed E-state index contributed by atoms with van der Waals surface area (Å²) < 4.78 is 0. The molecule has 0 spiro atoms. The second kappa shape index (κ2) is 5.16. The largest absolute Gasteiger partial charge is 0.396 e. The average Bonchev–Trinajstić information content (AvgIpc) is 2.18. The number of aliphatic hydroxyl groups is 1. The van der Waals surface area contributed by atoms with Gasteiger partial charge in [-0.3, -0.25) is 0 Å². The van der Waals surface area contributed by atoms with Crippen molar-refractivity contribution < 1.29 is 5.11 Å². The van der Waals surface area contributed by atoms with Gasteiger partial charge in [-0.15, -0.1) is 0 Å². The van der Waals surface area contributed by atoms with Crippen LogP contribution in [0.25, 0.3) is 0 Å². The molecular weight excluding hydrogens is 172 g/mol. The number of benzene rings is 1. The lowest BCUT2D eigenvalue weighted by Crippen LogP contribution is -1.99. The van der Waals surface area contributed by atoms with E-state index in [1.165, 1.54) is 16.7 Å². The molecule has 1 N–H and O–H groups in total. The minimum atomic E-state index is 0.245. The van der Waals surface area contributed by atoms with E-state index in [2.05, 4.69) is 39.0 Å². The molecule has 0 aliphatic carbocycles. The van der Waals surface area contributed by atoms with Gasteiger partial charge in [0.25, 0.3) is 0 Å². The highest BCUT2D eigenvalue weighted by atomic mass is 16.2. The zero-order valence-electron chi connectivity index (χ0n) is 9.38. The highest BCUT2D eigenvalue weighted by molar-refractivity contribution is 5.33. The van der Waals surface area contributed by atoms with Crippen LogP contribution in [-0.2, 0) is 12.8 Å². The van der Waals surface area contributed by atoms with Crippen LogP contribution in [0, 0.1) is 0 Å². The molecule has 0 aromatic heterocycles. The van der Waals surface area contributed by atoms with Crippen molar-refractivity contribution in [3.8, 4) is 0 Å². The molecule has 14 heavy (non-hydrogen) atoms. The summed E-state index contributed by atoms with van der Waals surface area (Å²) >= 11 is 0. The molecule has 0 heterocycles.